The van der Waals surface area contributed by atoms with E-state index in [4.69, 9.17) is 9.84 Å². The summed E-state index contributed by atoms with van der Waals surface area (Å²) in [4.78, 5) is 23.1. The fourth-order valence-electron chi connectivity index (χ4n) is 2.66. The van der Waals surface area contributed by atoms with Gasteiger partial charge in [-0.25, -0.2) is 4.79 Å². The van der Waals surface area contributed by atoms with Crippen LogP contribution >= 0.6 is 0 Å². The Bertz CT molecular complexity index is 526. The molecule has 1 saturated carbocycles. The van der Waals surface area contributed by atoms with Crippen molar-refractivity contribution in [1.82, 2.24) is 4.57 Å². The number of pyridine rings is 1. The van der Waals surface area contributed by atoms with Gasteiger partial charge in [0.25, 0.3) is 5.56 Å². The molecule has 1 aromatic heterocycles. The van der Waals surface area contributed by atoms with E-state index in [-0.39, 0.29) is 17.2 Å². The lowest BCUT2D eigenvalue weighted by atomic mass is 9.83. The molecule has 0 saturated heterocycles. The Balaban J connectivity index is 2.23. The molecule has 2 rings (SSSR count). The van der Waals surface area contributed by atoms with E-state index in [9.17, 15) is 9.59 Å². The summed E-state index contributed by atoms with van der Waals surface area (Å²) in [5, 5.41) is 8.98. The monoisotopic (exact) mass is 265 g/mol. The van der Waals surface area contributed by atoms with Gasteiger partial charge in [-0.2, -0.15) is 0 Å². The van der Waals surface area contributed by atoms with Gasteiger partial charge in [0.1, 0.15) is 5.56 Å². The number of methoxy groups -OCH3 is 1. The Hall–Kier alpha value is -1.62. The molecule has 19 heavy (non-hydrogen) atoms. The van der Waals surface area contributed by atoms with E-state index in [1.807, 2.05) is 0 Å². The number of carbonyl (C=O) groups is 1. The van der Waals surface area contributed by atoms with Crippen LogP contribution < -0.4 is 5.56 Å². The van der Waals surface area contributed by atoms with E-state index < -0.39 is 11.5 Å². The van der Waals surface area contributed by atoms with Crippen molar-refractivity contribution in [3.05, 3.63) is 34.2 Å². The molecule has 0 aliphatic heterocycles. The SMILES string of the molecule is CO[C@]1(C)CC[C@@H](n2cccc(C(=O)O)c2=O)CC1. The van der Waals surface area contributed by atoms with Crippen LogP contribution in [0.5, 0.6) is 0 Å². The van der Waals surface area contributed by atoms with Crippen molar-refractivity contribution < 1.29 is 14.6 Å². The zero-order chi connectivity index (χ0) is 14.0. The van der Waals surface area contributed by atoms with Gasteiger partial charge >= 0.3 is 5.97 Å². The summed E-state index contributed by atoms with van der Waals surface area (Å²) in [6, 6.07) is 3.04. The van der Waals surface area contributed by atoms with Gasteiger partial charge in [0.15, 0.2) is 0 Å². The van der Waals surface area contributed by atoms with Crippen LogP contribution in [0.1, 0.15) is 49.0 Å². The average Bonchev–Trinajstić information content (AvgIpc) is 2.40. The van der Waals surface area contributed by atoms with Gasteiger partial charge in [-0.1, -0.05) is 0 Å². The van der Waals surface area contributed by atoms with E-state index in [2.05, 4.69) is 6.92 Å². The quantitative estimate of drug-likeness (QED) is 0.908. The Kier molecular flexibility index (Phi) is 3.75. The number of aromatic nitrogens is 1. The Labute approximate surface area is 111 Å². The second-order valence-corrected chi connectivity index (χ2v) is 5.32. The van der Waals surface area contributed by atoms with Crippen LogP contribution in [0, 0.1) is 0 Å². The third kappa shape index (κ3) is 2.71. The third-order valence-electron chi connectivity index (χ3n) is 4.10. The minimum Gasteiger partial charge on any atom is -0.477 e. The number of nitrogens with zero attached hydrogens (tertiary/aromatic N) is 1. The molecule has 0 amide bonds. The van der Waals surface area contributed by atoms with E-state index in [1.54, 1.807) is 23.9 Å². The first kappa shape index (κ1) is 13.8. The standard InChI is InChI=1S/C14H19NO4/c1-14(19-2)7-5-10(6-8-14)15-9-3-4-11(12(15)16)13(17)18/h3-4,9-10H,5-8H2,1-2H3,(H,17,18)/t10-,14-. The van der Waals surface area contributed by atoms with Crippen molar-refractivity contribution in [2.45, 2.75) is 44.2 Å². The average molecular weight is 265 g/mol. The summed E-state index contributed by atoms with van der Waals surface area (Å²) in [5.74, 6) is -1.17. The van der Waals surface area contributed by atoms with Gasteiger partial charge in [0, 0.05) is 19.3 Å². The second kappa shape index (κ2) is 5.17. The van der Waals surface area contributed by atoms with Gasteiger partial charge < -0.3 is 14.4 Å². The number of ether oxygens (including phenoxy) is 1. The molecule has 1 aromatic rings. The van der Waals surface area contributed by atoms with Crippen LogP contribution in [0.4, 0.5) is 0 Å². The van der Waals surface area contributed by atoms with Crippen molar-refractivity contribution in [1.29, 1.82) is 0 Å². The number of aromatic carboxylic acids is 1. The molecule has 1 aliphatic rings. The van der Waals surface area contributed by atoms with Crippen molar-refractivity contribution in [3.8, 4) is 0 Å². The molecule has 1 N–H and O–H groups in total. The fourth-order valence-corrected chi connectivity index (χ4v) is 2.66. The van der Waals surface area contributed by atoms with Crippen LogP contribution in [-0.4, -0.2) is 28.4 Å². The van der Waals surface area contributed by atoms with Crippen molar-refractivity contribution >= 4 is 5.97 Å². The van der Waals surface area contributed by atoms with Gasteiger partial charge in [0.2, 0.25) is 0 Å². The zero-order valence-corrected chi connectivity index (χ0v) is 11.3. The highest BCUT2D eigenvalue weighted by Crippen LogP contribution is 2.35. The van der Waals surface area contributed by atoms with Crippen LogP contribution in [0.25, 0.3) is 0 Å². The number of hydrogen-bond donors (Lipinski definition) is 1. The molecule has 0 bridgehead atoms. The molecule has 0 aromatic carbocycles. The first-order chi connectivity index (χ1) is 8.97. The Morgan fingerprint density at radius 3 is 2.63 bits per heavy atom. The summed E-state index contributed by atoms with van der Waals surface area (Å²) < 4.78 is 7.03. The smallest absolute Gasteiger partial charge is 0.341 e. The lowest BCUT2D eigenvalue weighted by Gasteiger charge is -2.36. The maximum atomic E-state index is 12.1. The normalized spacial score (nSPS) is 27.2. The third-order valence-corrected chi connectivity index (χ3v) is 4.10. The number of carboxylic acid groups (broad SMARTS) is 1. The summed E-state index contributed by atoms with van der Waals surface area (Å²) in [6.07, 6.45) is 5.07. The van der Waals surface area contributed by atoms with E-state index in [1.165, 1.54) is 6.07 Å². The minimum absolute atomic E-state index is 0.0648. The molecule has 5 heteroatoms. The molecule has 0 spiro atoms. The van der Waals surface area contributed by atoms with Crippen LogP contribution in [0.2, 0.25) is 0 Å². The van der Waals surface area contributed by atoms with Crippen LogP contribution in [0.3, 0.4) is 0 Å². The number of carboxylic acids is 1. The van der Waals surface area contributed by atoms with Crippen molar-refractivity contribution in [2.24, 2.45) is 0 Å². The summed E-state index contributed by atoms with van der Waals surface area (Å²) in [7, 11) is 1.71. The van der Waals surface area contributed by atoms with E-state index in [0.717, 1.165) is 25.7 Å². The van der Waals surface area contributed by atoms with Gasteiger partial charge in [0.05, 0.1) is 5.60 Å². The first-order valence-corrected chi connectivity index (χ1v) is 6.46. The highest BCUT2D eigenvalue weighted by atomic mass is 16.5. The van der Waals surface area contributed by atoms with Gasteiger partial charge in [-0.05, 0) is 44.7 Å². The minimum atomic E-state index is -1.17. The predicted molar refractivity (Wildman–Crippen MR) is 70.6 cm³/mol. The molecular formula is C14H19NO4. The highest BCUT2D eigenvalue weighted by Gasteiger charge is 2.32. The Morgan fingerprint density at radius 1 is 1.47 bits per heavy atom. The summed E-state index contributed by atoms with van der Waals surface area (Å²) >= 11 is 0. The topological polar surface area (TPSA) is 68.5 Å². The lowest BCUT2D eigenvalue weighted by molar-refractivity contribution is -0.0325. The maximum Gasteiger partial charge on any atom is 0.341 e. The molecule has 1 heterocycles. The number of rotatable bonds is 3. The van der Waals surface area contributed by atoms with E-state index in [0.29, 0.717) is 0 Å². The van der Waals surface area contributed by atoms with Gasteiger partial charge in [-0.3, -0.25) is 4.79 Å². The largest absolute Gasteiger partial charge is 0.477 e. The number of hydrogen-bond acceptors (Lipinski definition) is 3. The summed E-state index contributed by atoms with van der Waals surface area (Å²) in [6.45, 7) is 2.07. The molecule has 5 nitrogen and oxygen atoms in total. The molecule has 104 valence electrons. The molecule has 1 fully saturated rings. The van der Waals surface area contributed by atoms with Gasteiger partial charge in [-0.15, -0.1) is 0 Å². The fraction of sp³-hybridized carbons (Fsp3) is 0.571. The van der Waals surface area contributed by atoms with Crippen molar-refractivity contribution in [3.63, 3.8) is 0 Å². The van der Waals surface area contributed by atoms with E-state index >= 15 is 0 Å². The zero-order valence-electron chi connectivity index (χ0n) is 11.3. The molecule has 0 atom stereocenters. The molecule has 0 unspecified atom stereocenters. The second-order valence-electron chi connectivity index (χ2n) is 5.32. The molecular weight excluding hydrogens is 246 g/mol. The first-order valence-electron chi connectivity index (χ1n) is 6.46. The van der Waals surface area contributed by atoms with Crippen LogP contribution in [0.15, 0.2) is 23.1 Å². The lowest BCUT2D eigenvalue weighted by Crippen LogP contribution is -2.37. The van der Waals surface area contributed by atoms with Crippen molar-refractivity contribution in [2.75, 3.05) is 7.11 Å². The maximum absolute atomic E-state index is 12.1. The Morgan fingerprint density at radius 2 is 2.11 bits per heavy atom. The molecule has 1 aliphatic carbocycles. The van der Waals surface area contributed by atoms with Crippen LogP contribution in [-0.2, 0) is 4.74 Å². The summed E-state index contributed by atoms with van der Waals surface area (Å²) in [5.41, 5.74) is -0.701. The predicted octanol–water partition coefficient (Wildman–Crippen LogP) is 2.07. The molecule has 0 radical (unpaired) electrons. The highest BCUT2D eigenvalue weighted by molar-refractivity contribution is 5.86.